The van der Waals surface area contributed by atoms with Gasteiger partial charge < -0.3 is 9.47 Å². The second-order valence-corrected chi connectivity index (χ2v) is 3.37. The molecule has 0 radical (unpaired) electrons. The van der Waals surface area contributed by atoms with Crippen LogP contribution in [0.25, 0.3) is 0 Å². The van der Waals surface area contributed by atoms with E-state index >= 15 is 0 Å². The lowest BCUT2D eigenvalue weighted by molar-refractivity contribution is 0.0844. The number of benzene rings is 1. The number of hydrogen-bond acceptors (Lipinski definition) is 3. The van der Waals surface area contributed by atoms with Crippen LogP contribution in [0.5, 0.6) is 5.75 Å². The van der Waals surface area contributed by atoms with Crippen LogP contribution in [0.1, 0.15) is 17.3 Å². The topological polar surface area (TPSA) is 35.5 Å². The van der Waals surface area contributed by atoms with Gasteiger partial charge in [0.2, 0.25) is 0 Å². The molecule has 0 amide bonds. The van der Waals surface area contributed by atoms with Crippen LogP contribution in [0, 0.1) is 0 Å². The number of carbonyl (C=O) groups excluding carboxylic acids is 1. The molecule has 0 spiro atoms. The van der Waals surface area contributed by atoms with Crippen molar-refractivity contribution in [2.24, 2.45) is 0 Å². The van der Waals surface area contributed by atoms with E-state index in [1.54, 1.807) is 18.2 Å². The van der Waals surface area contributed by atoms with E-state index < -0.39 is 0 Å². The van der Waals surface area contributed by atoms with Crippen molar-refractivity contribution >= 4 is 17.4 Å². The Morgan fingerprint density at radius 3 is 2.80 bits per heavy atom. The summed E-state index contributed by atoms with van der Waals surface area (Å²) in [6, 6.07) is 4.97. The standard InChI is InChI=1S/C11H13ClO3/c1-3-15-11-5-4-8(12)6-9(11)10(13)7-14-2/h4-6H,3,7H2,1-2H3. The second-order valence-electron chi connectivity index (χ2n) is 2.93. The number of Topliss-reactive ketones (excluding diaryl/α,β-unsaturated/α-hetero) is 1. The van der Waals surface area contributed by atoms with Gasteiger partial charge in [0.25, 0.3) is 0 Å². The fourth-order valence-electron chi connectivity index (χ4n) is 1.21. The maximum Gasteiger partial charge on any atom is 0.192 e. The zero-order chi connectivity index (χ0) is 11.3. The number of ketones is 1. The minimum atomic E-state index is -0.136. The Kier molecular flexibility index (Phi) is 4.59. The van der Waals surface area contributed by atoms with Gasteiger partial charge in [-0.3, -0.25) is 4.79 Å². The molecule has 0 aromatic heterocycles. The molecule has 1 aromatic carbocycles. The lowest BCUT2D eigenvalue weighted by Gasteiger charge is -2.09. The van der Waals surface area contributed by atoms with Crippen molar-refractivity contribution in [3.05, 3.63) is 28.8 Å². The summed E-state index contributed by atoms with van der Waals surface area (Å²) in [6.45, 7) is 2.40. The smallest absolute Gasteiger partial charge is 0.192 e. The largest absolute Gasteiger partial charge is 0.493 e. The van der Waals surface area contributed by atoms with Crippen LogP contribution >= 0.6 is 11.6 Å². The Bertz CT molecular complexity index is 350. The van der Waals surface area contributed by atoms with Crippen molar-refractivity contribution in [3.8, 4) is 5.75 Å². The lowest BCUT2D eigenvalue weighted by atomic mass is 10.1. The highest BCUT2D eigenvalue weighted by Gasteiger charge is 2.12. The number of methoxy groups -OCH3 is 1. The molecular formula is C11H13ClO3. The van der Waals surface area contributed by atoms with Gasteiger partial charge in [0.05, 0.1) is 12.2 Å². The second kappa shape index (κ2) is 5.73. The molecule has 0 heterocycles. The van der Waals surface area contributed by atoms with Crippen LogP contribution in [0.15, 0.2) is 18.2 Å². The van der Waals surface area contributed by atoms with Crippen molar-refractivity contribution in [2.45, 2.75) is 6.92 Å². The first kappa shape index (κ1) is 12.0. The Morgan fingerprint density at radius 1 is 1.47 bits per heavy atom. The summed E-state index contributed by atoms with van der Waals surface area (Å²) >= 11 is 5.81. The van der Waals surface area contributed by atoms with Gasteiger partial charge in [-0.15, -0.1) is 0 Å². The molecule has 15 heavy (non-hydrogen) atoms. The van der Waals surface area contributed by atoms with Crippen molar-refractivity contribution in [2.75, 3.05) is 20.3 Å². The van der Waals surface area contributed by atoms with Gasteiger partial charge in [0.1, 0.15) is 12.4 Å². The van der Waals surface area contributed by atoms with Gasteiger partial charge in [0, 0.05) is 12.1 Å². The van der Waals surface area contributed by atoms with Crippen molar-refractivity contribution in [3.63, 3.8) is 0 Å². The Hall–Kier alpha value is -1.06. The molecular weight excluding hydrogens is 216 g/mol. The summed E-state index contributed by atoms with van der Waals surface area (Å²) in [6.07, 6.45) is 0. The zero-order valence-electron chi connectivity index (χ0n) is 8.75. The molecule has 1 rings (SSSR count). The number of ether oxygens (including phenoxy) is 2. The van der Waals surface area contributed by atoms with Crippen LogP contribution in [0.3, 0.4) is 0 Å². The van der Waals surface area contributed by atoms with E-state index in [0.29, 0.717) is 22.9 Å². The van der Waals surface area contributed by atoms with E-state index in [4.69, 9.17) is 21.1 Å². The molecule has 0 aliphatic heterocycles. The molecule has 0 bridgehead atoms. The molecule has 0 saturated heterocycles. The maximum absolute atomic E-state index is 11.6. The minimum Gasteiger partial charge on any atom is -0.493 e. The van der Waals surface area contributed by atoms with E-state index in [2.05, 4.69) is 0 Å². The summed E-state index contributed by atoms with van der Waals surface area (Å²) in [5.41, 5.74) is 0.464. The van der Waals surface area contributed by atoms with Crippen molar-refractivity contribution < 1.29 is 14.3 Å². The van der Waals surface area contributed by atoms with Crippen LogP contribution in [-0.4, -0.2) is 26.1 Å². The van der Waals surface area contributed by atoms with E-state index in [1.807, 2.05) is 6.92 Å². The number of carbonyl (C=O) groups is 1. The van der Waals surface area contributed by atoms with Gasteiger partial charge in [-0.25, -0.2) is 0 Å². The molecule has 0 unspecified atom stereocenters. The van der Waals surface area contributed by atoms with Gasteiger partial charge in [-0.2, -0.15) is 0 Å². The number of rotatable bonds is 5. The summed E-state index contributed by atoms with van der Waals surface area (Å²) < 4.78 is 10.1. The molecule has 0 fully saturated rings. The average Bonchev–Trinajstić information content (AvgIpc) is 2.21. The van der Waals surface area contributed by atoms with Gasteiger partial charge in [0.15, 0.2) is 5.78 Å². The van der Waals surface area contributed by atoms with Gasteiger partial charge in [-0.05, 0) is 25.1 Å². The first-order valence-electron chi connectivity index (χ1n) is 4.63. The third-order valence-electron chi connectivity index (χ3n) is 1.82. The fraction of sp³-hybridized carbons (Fsp3) is 0.364. The average molecular weight is 229 g/mol. The maximum atomic E-state index is 11.6. The molecule has 82 valence electrons. The van der Waals surface area contributed by atoms with E-state index in [-0.39, 0.29) is 12.4 Å². The highest BCUT2D eigenvalue weighted by atomic mass is 35.5. The van der Waals surface area contributed by atoms with Gasteiger partial charge >= 0.3 is 0 Å². The zero-order valence-corrected chi connectivity index (χ0v) is 9.50. The molecule has 0 saturated carbocycles. The van der Waals surface area contributed by atoms with Crippen LogP contribution < -0.4 is 4.74 Å². The summed E-state index contributed by atoms with van der Waals surface area (Å²) in [5.74, 6) is 0.410. The van der Waals surface area contributed by atoms with Crippen LogP contribution in [0.2, 0.25) is 5.02 Å². The summed E-state index contributed by atoms with van der Waals surface area (Å²) in [5, 5.41) is 0.512. The third kappa shape index (κ3) is 3.22. The van der Waals surface area contributed by atoms with E-state index in [9.17, 15) is 4.79 Å². The quantitative estimate of drug-likeness (QED) is 0.727. The molecule has 4 heteroatoms. The third-order valence-corrected chi connectivity index (χ3v) is 2.05. The number of hydrogen-bond donors (Lipinski definition) is 0. The van der Waals surface area contributed by atoms with E-state index in [0.717, 1.165) is 0 Å². The first-order chi connectivity index (χ1) is 7.19. The molecule has 3 nitrogen and oxygen atoms in total. The highest BCUT2D eigenvalue weighted by molar-refractivity contribution is 6.31. The molecule has 0 N–H and O–H groups in total. The normalized spacial score (nSPS) is 10.1. The number of halogens is 1. The SMILES string of the molecule is CCOc1ccc(Cl)cc1C(=O)COC. The molecule has 1 aromatic rings. The Morgan fingerprint density at radius 2 is 2.20 bits per heavy atom. The molecule has 0 atom stereocenters. The first-order valence-corrected chi connectivity index (χ1v) is 5.01. The predicted octanol–water partition coefficient (Wildman–Crippen LogP) is 2.57. The highest BCUT2D eigenvalue weighted by Crippen LogP contribution is 2.23. The van der Waals surface area contributed by atoms with Crippen LogP contribution in [-0.2, 0) is 4.74 Å². The Labute approximate surface area is 93.9 Å². The summed E-state index contributed by atoms with van der Waals surface area (Å²) in [7, 11) is 1.47. The van der Waals surface area contributed by atoms with Gasteiger partial charge in [-0.1, -0.05) is 11.6 Å². The van der Waals surface area contributed by atoms with Crippen LogP contribution in [0.4, 0.5) is 0 Å². The summed E-state index contributed by atoms with van der Waals surface area (Å²) in [4.78, 5) is 11.6. The van der Waals surface area contributed by atoms with E-state index in [1.165, 1.54) is 7.11 Å². The van der Waals surface area contributed by atoms with Crippen molar-refractivity contribution in [1.82, 2.24) is 0 Å². The monoisotopic (exact) mass is 228 g/mol. The molecule has 0 aliphatic rings. The minimum absolute atomic E-state index is 0.0282. The Balaban J connectivity index is 3.00. The lowest BCUT2D eigenvalue weighted by Crippen LogP contribution is -2.09. The van der Waals surface area contributed by atoms with Crippen molar-refractivity contribution in [1.29, 1.82) is 0 Å². The fourth-order valence-corrected chi connectivity index (χ4v) is 1.38. The molecule has 0 aliphatic carbocycles. The predicted molar refractivity (Wildman–Crippen MR) is 58.8 cm³/mol.